The lowest BCUT2D eigenvalue weighted by atomic mass is 9.95. The number of aromatic nitrogens is 3. The molecule has 2 aliphatic rings. The molecule has 0 amide bonds. The largest absolute Gasteiger partial charge is 0.441 e. The van der Waals surface area contributed by atoms with Crippen molar-refractivity contribution in [2.75, 3.05) is 13.1 Å². The van der Waals surface area contributed by atoms with E-state index in [1.54, 1.807) is 0 Å². The van der Waals surface area contributed by atoms with Crippen LogP contribution in [0.5, 0.6) is 0 Å². The zero-order valence-electron chi connectivity index (χ0n) is 17.0. The number of H-pyrrole nitrogens is 1. The van der Waals surface area contributed by atoms with Crippen LogP contribution in [0.1, 0.15) is 43.3 Å². The molecular formula is C24H24N4O2. The number of hydrogen-bond acceptors (Lipinski definition) is 5. The highest BCUT2D eigenvalue weighted by atomic mass is 16.3. The van der Waals surface area contributed by atoms with E-state index in [4.69, 9.17) is 9.40 Å². The van der Waals surface area contributed by atoms with Crippen LogP contribution in [0.2, 0.25) is 0 Å². The highest BCUT2D eigenvalue weighted by Gasteiger charge is 2.32. The number of aromatic amines is 1. The van der Waals surface area contributed by atoms with Gasteiger partial charge in [0.2, 0.25) is 0 Å². The minimum atomic E-state index is -0.0574. The van der Waals surface area contributed by atoms with Crippen LogP contribution in [0.25, 0.3) is 33.1 Å². The van der Waals surface area contributed by atoms with Crippen LogP contribution < -0.4 is 5.56 Å². The molecule has 4 aromatic rings. The summed E-state index contributed by atoms with van der Waals surface area (Å²) in [7, 11) is 0. The van der Waals surface area contributed by atoms with E-state index in [1.807, 2.05) is 43.3 Å². The first-order valence-electron chi connectivity index (χ1n) is 10.8. The number of nitrogens with zero attached hydrogens (tertiary/aromatic N) is 3. The number of oxazole rings is 1. The number of nitrogens with one attached hydrogen (secondary N) is 1. The molecule has 1 aliphatic heterocycles. The minimum Gasteiger partial charge on any atom is -0.441 e. The number of rotatable bonds is 3. The van der Waals surface area contributed by atoms with Crippen molar-refractivity contribution in [3.8, 4) is 11.1 Å². The van der Waals surface area contributed by atoms with Crippen molar-refractivity contribution in [2.24, 2.45) is 0 Å². The lowest BCUT2D eigenvalue weighted by molar-refractivity contribution is 0.200. The molecule has 3 heterocycles. The van der Waals surface area contributed by atoms with E-state index in [-0.39, 0.29) is 5.56 Å². The summed E-state index contributed by atoms with van der Waals surface area (Å²) in [5.74, 6) is 1.83. The Balaban J connectivity index is 1.32. The number of hydrogen-bond donors (Lipinski definition) is 1. The molecule has 0 spiro atoms. The van der Waals surface area contributed by atoms with Crippen molar-refractivity contribution in [1.29, 1.82) is 0 Å². The quantitative estimate of drug-likeness (QED) is 0.552. The molecule has 2 aromatic carbocycles. The van der Waals surface area contributed by atoms with Crippen molar-refractivity contribution >= 4 is 22.0 Å². The van der Waals surface area contributed by atoms with Gasteiger partial charge in [0.15, 0.2) is 11.5 Å². The number of likely N-dealkylation sites (tertiary alicyclic amines) is 1. The van der Waals surface area contributed by atoms with Gasteiger partial charge in [0.05, 0.1) is 10.9 Å². The summed E-state index contributed by atoms with van der Waals surface area (Å²) in [6, 6.07) is 12.6. The van der Waals surface area contributed by atoms with Gasteiger partial charge >= 0.3 is 0 Å². The Morgan fingerprint density at radius 3 is 2.47 bits per heavy atom. The lowest BCUT2D eigenvalue weighted by Gasteiger charge is -2.31. The van der Waals surface area contributed by atoms with Crippen LogP contribution in [-0.2, 0) is 0 Å². The second-order valence-electron chi connectivity index (χ2n) is 8.64. The average Bonchev–Trinajstić information content (AvgIpc) is 3.54. The Labute approximate surface area is 173 Å². The Hall–Kier alpha value is -2.99. The van der Waals surface area contributed by atoms with E-state index in [0.717, 1.165) is 65.5 Å². The van der Waals surface area contributed by atoms with Crippen LogP contribution >= 0.6 is 0 Å². The van der Waals surface area contributed by atoms with E-state index >= 15 is 0 Å². The van der Waals surface area contributed by atoms with E-state index in [9.17, 15) is 4.79 Å². The molecule has 0 atom stereocenters. The highest BCUT2D eigenvalue weighted by molar-refractivity contribution is 5.86. The minimum absolute atomic E-state index is 0.0574. The van der Waals surface area contributed by atoms with Crippen LogP contribution in [0.4, 0.5) is 0 Å². The summed E-state index contributed by atoms with van der Waals surface area (Å²) in [5, 5.41) is 0.625. The van der Waals surface area contributed by atoms with E-state index < -0.39 is 0 Å². The van der Waals surface area contributed by atoms with Crippen LogP contribution in [-0.4, -0.2) is 39.0 Å². The van der Waals surface area contributed by atoms with E-state index in [0.29, 0.717) is 17.2 Å². The summed E-state index contributed by atoms with van der Waals surface area (Å²) in [5.41, 5.74) is 4.27. The molecule has 6 heteroatoms. The van der Waals surface area contributed by atoms with Crippen molar-refractivity contribution in [1.82, 2.24) is 19.9 Å². The fourth-order valence-electron chi connectivity index (χ4n) is 4.73. The highest BCUT2D eigenvalue weighted by Crippen LogP contribution is 2.34. The molecule has 1 saturated heterocycles. The van der Waals surface area contributed by atoms with Crippen molar-refractivity contribution in [3.05, 3.63) is 58.5 Å². The van der Waals surface area contributed by atoms with Gasteiger partial charge in [-0.25, -0.2) is 9.97 Å². The lowest BCUT2D eigenvalue weighted by Crippen LogP contribution is -2.35. The number of aryl methyl sites for hydroxylation is 1. The molecule has 2 aromatic heterocycles. The van der Waals surface area contributed by atoms with Gasteiger partial charge < -0.3 is 14.3 Å². The maximum Gasteiger partial charge on any atom is 0.258 e. The van der Waals surface area contributed by atoms with Crippen LogP contribution in [0.15, 0.2) is 45.6 Å². The molecule has 6 nitrogen and oxygen atoms in total. The fourth-order valence-corrected chi connectivity index (χ4v) is 4.73. The van der Waals surface area contributed by atoms with Gasteiger partial charge in [0.1, 0.15) is 11.3 Å². The zero-order valence-corrected chi connectivity index (χ0v) is 17.0. The third-order valence-electron chi connectivity index (χ3n) is 6.53. The van der Waals surface area contributed by atoms with Gasteiger partial charge in [0.25, 0.3) is 5.56 Å². The topological polar surface area (TPSA) is 75.0 Å². The molecule has 30 heavy (non-hydrogen) atoms. The Morgan fingerprint density at radius 1 is 0.967 bits per heavy atom. The predicted octanol–water partition coefficient (Wildman–Crippen LogP) is 4.38. The van der Waals surface area contributed by atoms with E-state index in [1.165, 1.54) is 12.8 Å². The van der Waals surface area contributed by atoms with Crippen LogP contribution in [0, 0.1) is 6.92 Å². The van der Waals surface area contributed by atoms with Gasteiger partial charge in [-0.1, -0.05) is 12.1 Å². The van der Waals surface area contributed by atoms with Gasteiger partial charge in [0, 0.05) is 18.9 Å². The average molecular weight is 400 g/mol. The Bertz CT molecular complexity index is 1310. The number of benzene rings is 2. The smallest absolute Gasteiger partial charge is 0.258 e. The fraction of sp³-hybridized carbons (Fsp3) is 0.375. The van der Waals surface area contributed by atoms with Gasteiger partial charge in [-0.05, 0) is 74.2 Å². The number of piperidine rings is 1. The maximum absolute atomic E-state index is 12.9. The molecule has 1 N–H and O–H groups in total. The molecular weight excluding hydrogens is 376 g/mol. The second-order valence-corrected chi connectivity index (χ2v) is 8.64. The van der Waals surface area contributed by atoms with Crippen molar-refractivity contribution in [2.45, 2.75) is 44.6 Å². The first kappa shape index (κ1) is 17.8. The van der Waals surface area contributed by atoms with Crippen LogP contribution in [0.3, 0.4) is 0 Å². The number of fused-ring (bicyclic) bond motifs is 2. The molecule has 6 rings (SSSR count). The monoisotopic (exact) mass is 400 g/mol. The Morgan fingerprint density at radius 2 is 1.70 bits per heavy atom. The molecule has 0 unspecified atom stereocenters. The molecule has 0 radical (unpaired) electrons. The third kappa shape index (κ3) is 3.12. The Kier molecular flexibility index (Phi) is 4.03. The molecule has 2 fully saturated rings. The molecule has 1 aliphatic carbocycles. The van der Waals surface area contributed by atoms with Crippen molar-refractivity contribution < 1.29 is 4.42 Å². The van der Waals surface area contributed by atoms with Gasteiger partial charge in [-0.3, -0.25) is 4.79 Å². The predicted molar refractivity (Wildman–Crippen MR) is 117 cm³/mol. The zero-order chi connectivity index (χ0) is 20.2. The standard InChI is InChI=1S/C24H24N4O2/c1-14-25-21-7-3-17(13-22(21)30-14)16-2-6-20-19(12-16)24(29)27-23(26-20)15-8-10-28(11-9-15)18-4-5-18/h2-3,6-7,12-13,15,18H,4-5,8-11H2,1H3,(H,26,27,29). The molecule has 0 bridgehead atoms. The van der Waals surface area contributed by atoms with E-state index in [2.05, 4.69) is 14.9 Å². The maximum atomic E-state index is 12.9. The van der Waals surface area contributed by atoms with Crippen molar-refractivity contribution in [3.63, 3.8) is 0 Å². The summed E-state index contributed by atoms with van der Waals surface area (Å²) in [6.07, 6.45) is 4.83. The summed E-state index contributed by atoms with van der Waals surface area (Å²) < 4.78 is 5.66. The normalized spacial score (nSPS) is 18.4. The first-order valence-corrected chi connectivity index (χ1v) is 10.8. The molecule has 152 valence electrons. The summed E-state index contributed by atoms with van der Waals surface area (Å²) >= 11 is 0. The molecule has 1 saturated carbocycles. The van der Waals surface area contributed by atoms with Gasteiger partial charge in [-0.2, -0.15) is 0 Å². The SMILES string of the molecule is Cc1nc2ccc(-c3ccc4nc(C5CCN(C6CC6)CC5)[nH]c(=O)c4c3)cc2o1. The first-order chi connectivity index (χ1) is 14.6. The third-order valence-corrected chi connectivity index (χ3v) is 6.53. The summed E-state index contributed by atoms with van der Waals surface area (Å²) in [4.78, 5) is 27.7. The second kappa shape index (κ2) is 6.77. The van der Waals surface area contributed by atoms with Gasteiger partial charge in [-0.15, -0.1) is 0 Å². The summed E-state index contributed by atoms with van der Waals surface area (Å²) in [6.45, 7) is 4.06.